The van der Waals surface area contributed by atoms with Gasteiger partial charge in [0.2, 0.25) is 0 Å². The molecule has 0 fully saturated rings. The topological polar surface area (TPSA) is 20.2 Å². The molecule has 0 aliphatic rings. The highest BCUT2D eigenvalue weighted by Crippen LogP contribution is 1.63. The van der Waals surface area contributed by atoms with Crippen LogP contribution in [0.1, 0.15) is 0 Å². The predicted octanol–water partition coefficient (Wildman–Crippen LogP) is 0.171. The molecule has 0 atom stereocenters. The van der Waals surface area contributed by atoms with Gasteiger partial charge in [0.15, 0.2) is 0 Å². The van der Waals surface area contributed by atoms with Crippen LogP contribution in [-0.4, -0.2) is 11.7 Å². The third-order valence-electron chi connectivity index (χ3n) is 0.444. The van der Waals surface area contributed by atoms with Crippen LogP contribution in [0.15, 0.2) is 12.2 Å². The van der Waals surface area contributed by atoms with Crippen LogP contribution in [0.4, 0.5) is 0 Å². The number of aliphatic hydroxyl groups excluding tert-OH is 1. The SMILES string of the molecule is C#C/C=C\C#CCO. The van der Waals surface area contributed by atoms with E-state index in [0.717, 1.165) is 0 Å². The molecule has 0 aliphatic heterocycles. The Morgan fingerprint density at radius 2 is 2.25 bits per heavy atom. The summed E-state index contributed by atoms with van der Waals surface area (Å²) in [6.45, 7) is -0.116. The quantitative estimate of drug-likeness (QED) is 0.436. The number of allylic oxidation sites excluding steroid dienone is 2. The van der Waals surface area contributed by atoms with E-state index in [0.29, 0.717) is 0 Å². The summed E-state index contributed by atoms with van der Waals surface area (Å²) in [4.78, 5) is 0. The molecule has 8 heavy (non-hydrogen) atoms. The van der Waals surface area contributed by atoms with Crippen LogP contribution < -0.4 is 0 Å². The van der Waals surface area contributed by atoms with E-state index < -0.39 is 0 Å². The summed E-state index contributed by atoms with van der Waals surface area (Å²) < 4.78 is 0. The molecule has 0 heterocycles. The largest absolute Gasteiger partial charge is 0.384 e. The van der Waals surface area contributed by atoms with Gasteiger partial charge >= 0.3 is 0 Å². The Bertz CT molecular complexity index is 161. The highest BCUT2D eigenvalue weighted by atomic mass is 16.2. The van der Waals surface area contributed by atoms with Crippen LogP contribution in [0, 0.1) is 24.2 Å². The molecular formula is C7H6O. The molecule has 0 aromatic rings. The van der Waals surface area contributed by atoms with Crippen molar-refractivity contribution in [1.82, 2.24) is 0 Å². The molecule has 40 valence electrons. The Morgan fingerprint density at radius 3 is 2.75 bits per heavy atom. The van der Waals surface area contributed by atoms with Crippen molar-refractivity contribution >= 4 is 0 Å². The minimum atomic E-state index is -0.116. The Morgan fingerprint density at radius 1 is 1.50 bits per heavy atom. The normalized spacial score (nSPS) is 7.50. The number of aliphatic hydroxyl groups is 1. The van der Waals surface area contributed by atoms with Gasteiger partial charge in [0, 0.05) is 0 Å². The number of hydrogen-bond donors (Lipinski definition) is 1. The minimum Gasteiger partial charge on any atom is -0.384 e. The van der Waals surface area contributed by atoms with Crippen molar-refractivity contribution in [1.29, 1.82) is 0 Å². The van der Waals surface area contributed by atoms with E-state index >= 15 is 0 Å². The fourth-order valence-electron chi connectivity index (χ4n) is 0.194. The zero-order valence-corrected chi connectivity index (χ0v) is 4.39. The lowest BCUT2D eigenvalue weighted by atomic mass is 10.5. The van der Waals surface area contributed by atoms with E-state index in [4.69, 9.17) is 11.5 Å². The Hall–Kier alpha value is -1.18. The molecule has 1 N–H and O–H groups in total. The summed E-state index contributed by atoms with van der Waals surface area (Å²) in [5.74, 6) is 7.18. The maximum atomic E-state index is 8.11. The lowest BCUT2D eigenvalue weighted by molar-refractivity contribution is 0.350. The molecule has 0 saturated heterocycles. The van der Waals surface area contributed by atoms with Crippen molar-refractivity contribution in [3.63, 3.8) is 0 Å². The first-order valence-electron chi connectivity index (χ1n) is 2.12. The van der Waals surface area contributed by atoms with Crippen molar-refractivity contribution < 1.29 is 5.11 Å². The van der Waals surface area contributed by atoms with Crippen molar-refractivity contribution in [3.05, 3.63) is 12.2 Å². The predicted molar refractivity (Wildman–Crippen MR) is 32.8 cm³/mol. The van der Waals surface area contributed by atoms with E-state index in [1.807, 2.05) is 0 Å². The van der Waals surface area contributed by atoms with E-state index in [2.05, 4.69) is 17.8 Å². The van der Waals surface area contributed by atoms with Gasteiger partial charge in [0.05, 0.1) is 0 Å². The zero-order chi connectivity index (χ0) is 6.24. The second-order valence-electron chi connectivity index (χ2n) is 0.979. The third-order valence-corrected chi connectivity index (χ3v) is 0.444. The summed E-state index contributed by atoms with van der Waals surface area (Å²) in [6, 6.07) is 0. The fourth-order valence-corrected chi connectivity index (χ4v) is 0.194. The minimum absolute atomic E-state index is 0.116. The summed E-state index contributed by atoms with van der Waals surface area (Å²) in [7, 11) is 0. The van der Waals surface area contributed by atoms with Crippen LogP contribution in [0.5, 0.6) is 0 Å². The van der Waals surface area contributed by atoms with Gasteiger partial charge in [-0.15, -0.1) is 6.42 Å². The molecule has 0 unspecified atom stereocenters. The molecule has 0 amide bonds. The first-order chi connectivity index (χ1) is 3.91. The van der Waals surface area contributed by atoms with E-state index in [1.54, 1.807) is 0 Å². The average molecular weight is 106 g/mol. The third kappa shape index (κ3) is 4.82. The van der Waals surface area contributed by atoms with Crippen molar-refractivity contribution in [3.8, 4) is 24.2 Å². The van der Waals surface area contributed by atoms with Gasteiger partial charge in [0.1, 0.15) is 6.61 Å². The maximum Gasteiger partial charge on any atom is 0.104 e. The Kier molecular flexibility index (Phi) is 4.96. The van der Waals surface area contributed by atoms with E-state index in [9.17, 15) is 0 Å². The van der Waals surface area contributed by atoms with Crippen molar-refractivity contribution in [2.75, 3.05) is 6.61 Å². The highest BCUT2D eigenvalue weighted by Gasteiger charge is 1.56. The van der Waals surface area contributed by atoms with Gasteiger partial charge in [-0.1, -0.05) is 17.8 Å². The van der Waals surface area contributed by atoms with Gasteiger partial charge in [-0.2, -0.15) is 0 Å². The lowest BCUT2D eigenvalue weighted by Gasteiger charge is -1.64. The average Bonchev–Trinajstić information content (AvgIpc) is 1.81. The fraction of sp³-hybridized carbons (Fsp3) is 0.143. The summed E-state index contributed by atoms with van der Waals surface area (Å²) in [6.07, 6.45) is 7.83. The monoisotopic (exact) mass is 106 g/mol. The molecular weight excluding hydrogens is 100 g/mol. The summed E-state index contributed by atoms with van der Waals surface area (Å²) in [5, 5.41) is 8.11. The Labute approximate surface area is 49.0 Å². The van der Waals surface area contributed by atoms with Crippen LogP contribution in [0.2, 0.25) is 0 Å². The van der Waals surface area contributed by atoms with Crippen LogP contribution >= 0.6 is 0 Å². The maximum absolute atomic E-state index is 8.11. The van der Waals surface area contributed by atoms with Crippen LogP contribution in [-0.2, 0) is 0 Å². The molecule has 0 spiro atoms. The molecule has 0 radical (unpaired) electrons. The van der Waals surface area contributed by atoms with Crippen molar-refractivity contribution in [2.24, 2.45) is 0 Å². The first kappa shape index (κ1) is 6.82. The van der Waals surface area contributed by atoms with E-state index in [-0.39, 0.29) is 6.61 Å². The van der Waals surface area contributed by atoms with E-state index in [1.165, 1.54) is 12.2 Å². The highest BCUT2D eigenvalue weighted by molar-refractivity contribution is 5.22. The van der Waals surface area contributed by atoms with Crippen molar-refractivity contribution in [2.45, 2.75) is 0 Å². The second kappa shape index (κ2) is 5.82. The first-order valence-corrected chi connectivity index (χ1v) is 2.12. The molecule has 0 rings (SSSR count). The summed E-state index contributed by atoms with van der Waals surface area (Å²) >= 11 is 0. The van der Waals surface area contributed by atoms with Crippen LogP contribution in [0.3, 0.4) is 0 Å². The molecule has 1 nitrogen and oxygen atoms in total. The molecule has 1 heteroatoms. The molecule has 0 aromatic heterocycles. The van der Waals surface area contributed by atoms with Crippen LogP contribution in [0.25, 0.3) is 0 Å². The van der Waals surface area contributed by atoms with Gasteiger partial charge < -0.3 is 5.11 Å². The van der Waals surface area contributed by atoms with Gasteiger partial charge in [0.25, 0.3) is 0 Å². The smallest absolute Gasteiger partial charge is 0.104 e. The molecule has 0 saturated carbocycles. The number of hydrogen-bond acceptors (Lipinski definition) is 1. The number of terminal acetylenes is 1. The molecule has 0 aliphatic carbocycles. The zero-order valence-electron chi connectivity index (χ0n) is 4.39. The summed E-state index contributed by atoms with van der Waals surface area (Å²) in [5.41, 5.74) is 0. The van der Waals surface area contributed by atoms with Gasteiger partial charge in [-0.05, 0) is 12.2 Å². The molecule has 0 bridgehead atoms. The molecule has 0 aromatic carbocycles. The van der Waals surface area contributed by atoms with Gasteiger partial charge in [-0.3, -0.25) is 0 Å². The lowest BCUT2D eigenvalue weighted by Crippen LogP contribution is -1.68. The second-order valence-corrected chi connectivity index (χ2v) is 0.979. The Balaban J connectivity index is 3.46. The standard InChI is InChI=1S/C7H6O/c1-2-3-4-5-6-7-8/h1,3-4,8H,7H2/b4-3-. The number of rotatable bonds is 0. The van der Waals surface area contributed by atoms with Gasteiger partial charge in [-0.25, -0.2) is 0 Å².